The lowest BCUT2D eigenvalue weighted by molar-refractivity contribution is 0.299. The summed E-state index contributed by atoms with van der Waals surface area (Å²) in [5.74, 6) is 2.03. The van der Waals surface area contributed by atoms with Gasteiger partial charge in [0.15, 0.2) is 17.5 Å². The van der Waals surface area contributed by atoms with Gasteiger partial charge in [0.1, 0.15) is 0 Å². The maximum Gasteiger partial charge on any atom is 0.164 e. The Balaban J connectivity index is 0.000000112. The first-order chi connectivity index (χ1) is 64.0. The maximum atomic E-state index is 5.05. The maximum absolute atomic E-state index is 5.05. The standard InChI is InChI=1S/C44H37N.C42H33N.C41H33N3/c1-43(2)40-29-36(45(34-18-9-6-10-19-34)35-20-13-17-33(28-35)30-14-7-5-8-15-30)25-27-38(40)39-26-24-32-23-22-31-16-11-12-21-37(31)41(32)42(39)44(43,3)4;1-41(2)37-24-29(43-39-16-10-9-15-33(39)34-21-19-27-12-6-8-14-31(27)40(34)43)20-22-32(37)36-23-28-18-17-26-11-5-7-13-30(26)35(28)25-38(36)42(41,3)4;1-40(2)33-24-22-27-20-19-26-13-11-12-18-31(26)35(27)36(33)32-23-21-30(25-34(32)41(40,3)4)39-43-37(28-14-7-5-8-15-28)42-38(44-39)29-16-9-6-10-17-29/h5-29H,1-4H3;5-25H,1-4H3;5-25H,1-4H3. The molecular weight excluding hydrogens is 1600 g/mol. The molecule has 3 aliphatic rings. The van der Waals surface area contributed by atoms with Crippen molar-refractivity contribution in [3.05, 3.63) is 440 Å². The van der Waals surface area contributed by atoms with Gasteiger partial charge < -0.3 is 9.47 Å². The first kappa shape index (κ1) is 81.3. The van der Waals surface area contributed by atoms with Crippen LogP contribution in [0.4, 0.5) is 17.1 Å². The summed E-state index contributed by atoms with van der Waals surface area (Å²) in [6.45, 7) is 29.1. The van der Waals surface area contributed by atoms with Gasteiger partial charge in [-0.05, 0) is 248 Å². The van der Waals surface area contributed by atoms with E-state index in [1.807, 2.05) is 36.4 Å². The van der Waals surface area contributed by atoms with Gasteiger partial charge in [0.25, 0.3) is 0 Å². The molecule has 636 valence electrons. The van der Waals surface area contributed by atoms with Gasteiger partial charge in [-0.1, -0.05) is 417 Å². The summed E-state index contributed by atoms with van der Waals surface area (Å²) < 4.78 is 2.50. The van der Waals surface area contributed by atoms with Gasteiger partial charge in [-0.2, -0.15) is 0 Å². The minimum atomic E-state index is -0.152. The number of para-hydroxylation sites is 2. The topological polar surface area (TPSA) is 46.8 Å². The van der Waals surface area contributed by atoms with Gasteiger partial charge in [-0.3, -0.25) is 0 Å². The largest absolute Gasteiger partial charge is 0.310 e. The van der Waals surface area contributed by atoms with Crippen LogP contribution in [0, 0.1) is 0 Å². The van der Waals surface area contributed by atoms with Crippen LogP contribution in [0.15, 0.2) is 406 Å². The van der Waals surface area contributed by atoms with E-state index in [-0.39, 0.29) is 32.5 Å². The molecule has 0 unspecified atom stereocenters. The quantitative estimate of drug-likeness (QED) is 0.142. The number of anilines is 3. The molecule has 0 aliphatic heterocycles. The molecule has 5 nitrogen and oxygen atoms in total. The third kappa shape index (κ3) is 12.7. The molecule has 5 heteroatoms. The summed E-state index contributed by atoms with van der Waals surface area (Å²) in [5.41, 5.74) is 28.3. The highest BCUT2D eigenvalue weighted by atomic mass is 15.1. The zero-order chi connectivity index (χ0) is 89.9. The molecule has 0 saturated carbocycles. The lowest BCUT2D eigenvalue weighted by Gasteiger charge is -2.49. The smallest absolute Gasteiger partial charge is 0.164 e. The molecule has 0 spiro atoms. The molecule has 22 aromatic rings. The summed E-state index contributed by atoms with van der Waals surface area (Å²) in [7, 11) is 0. The van der Waals surface area contributed by atoms with Gasteiger partial charge in [0.2, 0.25) is 0 Å². The molecule has 2 aromatic heterocycles. The van der Waals surface area contributed by atoms with E-state index in [0.717, 1.165) is 28.1 Å². The fraction of sp³-hybridized carbons (Fsp3) is 0.142. The molecule has 0 amide bonds. The van der Waals surface area contributed by atoms with Crippen LogP contribution < -0.4 is 4.90 Å². The number of hydrogen-bond donors (Lipinski definition) is 0. The zero-order valence-electron chi connectivity index (χ0n) is 76.9. The predicted octanol–water partition coefficient (Wildman–Crippen LogP) is 34.3. The Morgan fingerprint density at radius 2 is 0.629 bits per heavy atom. The Hall–Kier alpha value is -15.2. The minimum absolute atomic E-state index is 0.0768. The molecule has 132 heavy (non-hydrogen) atoms. The molecule has 0 atom stereocenters. The van der Waals surface area contributed by atoms with Crippen LogP contribution in [0.5, 0.6) is 0 Å². The lowest BCUT2D eigenvalue weighted by Crippen LogP contribution is -2.43. The number of nitrogens with zero attached hydrogens (tertiary/aromatic N) is 5. The van der Waals surface area contributed by atoms with Crippen molar-refractivity contribution in [1.29, 1.82) is 0 Å². The molecule has 0 N–H and O–H groups in total. The van der Waals surface area contributed by atoms with Crippen LogP contribution in [-0.2, 0) is 32.5 Å². The van der Waals surface area contributed by atoms with Crippen LogP contribution in [0.25, 0.3) is 182 Å². The number of benzene rings is 20. The second-order valence-electron chi connectivity index (χ2n) is 39.8. The van der Waals surface area contributed by atoms with Crippen molar-refractivity contribution in [2.24, 2.45) is 0 Å². The van der Waals surface area contributed by atoms with Crippen LogP contribution in [0.2, 0.25) is 0 Å². The Morgan fingerprint density at radius 3 is 1.27 bits per heavy atom. The molecule has 20 aromatic carbocycles. The van der Waals surface area contributed by atoms with Crippen LogP contribution in [0.3, 0.4) is 0 Å². The van der Waals surface area contributed by atoms with Gasteiger partial charge in [-0.15, -0.1) is 0 Å². The summed E-state index contributed by atoms with van der Waals surface area (Å²) in [6, 6.07) is 148. The van der Waals surface area contributed by atoms with E-state index in [2.05, 4.69) is 463 Å². The van der Waals surface area contributed by atoms with Crippen molar-refractivity contribution < 1.29 is 0 Å². The van der Waals surface area contributed by atoms with Crippen LogP contribution >= 0.6 is 0 Å². The van der Waals surface area contributed by atoms with Crippen molar-refractivity contribution in [2.45, 2.75) is 116 Å². The summed E-state index contributed by atoms with van der Waals surface area (Å²) in [4.78, 5) is 17.4. The molecule has 2 heterocycles. The monoisotopic (exact) mass is 1700 g/mol. The summed E-state index contributed by atoms with van der Waals surface area (Å²) in [5, 5.41) is 20.9. The highest BCUT2D eigenvalue weighted by Gasteiger charge is 2.50. The molecule has 25 rings (SSSR count). The Morgan fingerprint density at radius 1 is 0.212 bits per heavy atom. The third-order valence-electron chi connectivity index (χ3n) is 31.5. The number of rotatable bonds is 8. The zero-order valence-corrected chi connectivity index (χ0v) is 76.9. The van der Waals surface area contributed by atoms with Crippen LogP contribution in [-0.4, -0.2) is 19.5 Å². The summed E-state index contributed by atoms with van der Waals surface area (Å²) in [6.07, 6.45) is 0. The van der Waals surface area contributed by atoms with E-state index in [1.165, 1.54) is 186 Å². The number of aromatic nitrogens is 4. The van der Waals surface area contributed by atoms with Crippen molar-refractivity contribution in [1.82, 2.24) is 19.5 Å². The average molecular weight is 1700 g/mol. The van der Waals surface area contributed by atoms with E-state index in [9.17, 15) is 0 Å². The molecule has 0 bridgehead atoms. The van der Waals surface area contributed by atoms with E-state index in [4.69, 9.17) is 15.0 Å². The number of fused-ring (bicyclic) bond motifs is 25. The Kier molecular flexibility index (Phi) is 19.0. The molecule has 3 aliphatic carbocycles. The molecule has 0 radical (unpaired) electrons. The van der Waals surface area contributed by atoms with Gasteiger partial charge in [0, 0.05) is 61.0 Å². The molecule has 0 fully saturated rings. The predicted molar refractivity (Wildman–Crippen MR) is 560 cm³/mol. The lowest BCUT2D eigenvalue weighted by atomic mass is 9.54. The first-order valence-corrected chi connectivity index (χ1v) is 46.6. The normalized spacial score (nSPS) is 14.9. The SMILES string of the molecule is CC1(C)c2cc(-c3nc(-c4ccccc4)nc(-c4ccccc4)n3)ccc2-c2c(ccc3ccc4ccccc4c23)C1(C)C.CC1(C)c2cc(-n3c4ccccc4c4ccc5ccccc5c43)ccc2-c2cc3ccc4ccccc4c3cc2C1(C)C.CC1(C)c2cc(N(c3ccccc3)c3cccc(-c4ccccc4)c3)ccc2-c2ccc3ccc4ccccc4c3c2C1(C)C. The average Bonchev–Trinajstić information content (AvgIpc) is 0.724. The van der Waals surface area contributed by atoms with Crippen LogP contribution in [0.1, 0.15) is 116 Å². The number of hydrogen-bond acceptors (Lipinski definition) is 4. The highest BCUT2D eigenvalue weighted by Crippen LogP contribution is 2.61. The van der Waals surface area contributed by atoms with Crippen molar-refractivity contribution in [3.63, 3.8) is 0 Å². The molecular formula is C127H103N5. The van der Waals surface area contributed by atoms with E-state index in [0.29, 0.717) is 17.5 Å². The first-order valence-electron chi connectivity index (χ1n) is 46.6. The van der Waals surface area contributed by atoms with Gasteiger partial charge in [-0.25, -0.2) is 15.0 Å². The van der Waals surface area contributed by atoms with Crippen molar-refractivity contribution in [2.75, 3.05) is 4.90 Å². The van der Waals surface area contributed by atoms with E-state index in [1.54, 1.807) is 0 Å². The van der Waals surface area contributed by atoms with Crippen molar-refractivity contribution >= 4 is 114 Å². The Labute approximate surface area is 773 Å². The van der Waals surface area contributed by atoms with E-state index < -0.39 is 0 Å². The highest BCUT2D eigenvalue weighted by molar-refractivity contribution is 6.20. The molecule has 0 saturated heterocycles. The Bertz CT molecular complexity index is 8380. The van der Waals surface area contributed by atoms with E-state index >= 15 is 0 Å². The third-order valence-corrected chi connectivity index (χ3v) is 31.5. The fourth-order valence-corrected chi connectivity index (χ4v) is 22.3. The van der Waals surface area contributed by atoms with Gasteiger partial charge >= 0.3 is 0 Å². The van der Waals surface area contributed by atoms with Crippen molar-refractivity contribution in [3.8, 4) is 84.4 Å². The second kappa shape index (κ2) is 30.8. The van der Waals surface area contributed by atoms with Gasteiger partial charge in [0.05, 0.1) is 11.0 Å². The summed E-state index contributed by atoms with van der Waals surface area (Å²) >= 11 is 0. The fourth-order valence-electron chi connectivity index (χ4n) is 22.3. The minimum Gasteiger partial charge on any atom is -0.310 e. The second-order valence-corrected chi connectivity index (χ2v) is 39.8.